The van der Waals surface area contributed by atoms with Crippen molar-refractivity contribution >= 4 is 27.5 Å². The van der Waals surface area contributed by atoms with Gasteiger partial charge in [-0.1, -0.05) is 6.07 Å². The quantitative estimate of drug-likeness (QED) is 0.595. The number of aromatic nitrogens is 3. The van der Waals surface area contributed by atoms with E-state index in [0.29, 0.717) is 5.13 Å². The van der Waals surface area contributed by atoms with Crippen LogP contribution in [0.15, 0.2) is 28.4 Å². The van der Waals surface area contributed by atoms with E-state index in [1.165, 1.54) is 11.3 Å². The topological polar surface area (TPSA) is 87.6 Å². The molecule has 2 aromatic heterocycles. The summed E-state index contributed by atoms with van der Waals surface area (Å²) in [7, 11) is 0. The van der Waals surface area contributed by atoms with Crippen LogP contribution in [0.2, 0.25) is 0 Å². The van der Waals surface area contributed by atoms with Gasteiger partial charge in [0.1, 0.15) is 0 Å². The molecule has 0 spiro atoms. The van der Waals surface area contributed by atoms with Crippen LogP contribution < -0.4 is 11.4 Å². The smallest absolute Gasteiger partial charge is 0.323 e. The third kappa shape index (κ3) is 1.40. The van der Waals surface area contributed by atoms with Crippen LogP contribution in [0.1, 0.15) is 0 Å². The number of nitrogens with zero attached hydrogens (tertiary/aromatic N) is 1. The van der Waals surface area contributed by atoms with Crippen molar-refractivity contribution in [1.82, 2.24) is 15.0 Å². The van der Waals surface area contributed by atoms with Gasteiger partial charge in [-0.25, -0.2) is 9.78 Å². The van der Waals surface area contributed by atoms with Crippen LogP contribution in [0.25, 0.3) is 22.3 Å². The molecule has 6 heteroatoms. The number of fused-ring (bicyclic) bond motifs is 1. The molecule has 0 bridgehead atoms. The molecule has 0 saturated carbocycles. The number of nitrogens with two attached hydrogens (primary N) is 1. The zero-order chi connectivity index (χ0) is 11.1. The Morgan fingerprint density at radius 3 is 2.81 bits per heavy atom. The van der Waals surface area contributed by atoms with Gasteiger partial charge in [0.05, 0.1) is 16.7 Å². The lowest BCUT2D eigenvalue weighted by atomic mass is 10.1. The van der Waals surface area contributed by atoms with Crippen LogP contribution in [-0.4, -0.2) is 15.0 Å². The molecule has 0 aliphatic carbocycles. The number of aromatic amines is 2. The Balaban J connectivity index is 2.21. The van der Waals surface area contributed by atoms with E-state index >= 15 is 0 Å². The number of nitrogens with one attached hydrogen (secondary N) is 2. The Labute approximate surface area is 94.0 Å². The zero-order valence-corrected chi connectivity index (χ0v) is 8.97. The monoisotopic (exact) mass is 232 g/mol. The molecule has 0 atom stereocenters. The second-order valence-corrected chi connectivity index (χ2v) is 4.30. The highest BCUT2D eigenvalue weighted by molar-refractivity contribution is 7.13. The van der Waals surface area contributed by atoms with Crippen molar-refractivity contribution < 1.29 is 0 Å². The molecule has 0 radical (unpaired) electrons. The van der Waals surface area contributed by atoms with Crippen molar-refractivity contribution in [1.29, 1.82) is 0 Å². The van der Waals surface area contributed by atoms with Crippen LogP contribution >= 0.6 is 11.3 Å². The molecular weight excluding hydrogens is 224 g/mol. The average Bonchev–Trinajstić information content (AvgIpc) is 2.81. The summed E-state index contributed by atoms with van der Waals surface area (Å²) in [6.07, 6.45) is 0. The summed E-state index contributed by atoms with van der Waals surface area (Å²) in [4.78, 5) is 20.7. The fourth-order valence-electron chi connectivity index (χ4n) is 1.61. The molecule has 0 aliphatic heterocycles. The summed E-state index contributed by atoms with van der Waals surface area (Å²) in [6.45, 7) is 0. The fourth-order valence-corrected chi connectivity index (χ4v) is 2.18. The van der Waals surface area contributed by atoms with Crippen LogP contribution in [-0.2, 0) is 0 Å². The number of benzene rings is 1. The van der Waals surface area contributed by atoms with Crippen molar-refractivity contribution in [2.45, 2.75) is 0 Å². The molecule has 0 fully saturated rings. The lowest BCUT2D eigenvalue weighted by molar-refractivity contribution is 1.21. The predicted octanol–water partition coefficient (Wildman–Crippen LogP) is 1.56. The second kappa shape index (κ2) is 3.21. The predicted molar refractivity (Wildman–Crippen MR) is 64.4 cm³/mol. The maximum Gasteiger partial charge on any atom is 0.323 e. The summed E-state index contributed by atoms with van der Waals surface area (Å²) in [5, 5.41) is 2.43. The lowest BCUT2D eigenvalue weighted by Gasteiger charge is -1.95. The summed E-state index contributed by atoms with van der Waals surface area (Å²) in [5.74, 6) is 0. The number of H-pyrrole nitrogens is 2. The summed E-state index contributed by atoms with van der Waals surface area (Å²) in [5.41, 5.74) is 8.70. The Morgan fingerprint density at radius 1 is 1.25 bits per heavy atom. The number of thiazole rings is 1. The van der Waals surface area contributed by atoms with E-state index < -0.39 is 0 Å². The van der Waals surface area contributed by atoms with E-state index in [9.17, 15) is 4.79 Å². The number of nitrogen functional groups attached to an aromatic ring is 1. The Kier molecular flexibility index (Phi) is 1.84. The van der Waals surface area contributed by atoms with Gasteiger partial charge in [-0.15, -0.1) is 11.3 Å². The van der Waals surface area contributed by atoms with Crippen LogP contribution in [0.5, 0.6) is 0 Å². The van der Waals surface area contributed by atoms with Gasteiger partial charge in [0.25, 0.3) is 0 Å². The van der Waals surface area contributed by atoms with Gasteiger partial charge in [-0.05, 0) is 12.1 Å². The number of hydrogen-bond donors (Lipinski definition) is 3. The van der Waals surface area contributed by atoms with Crippen molar-refractivity contribution in [2.24, 2.45) is 0 Å². The molecule has 5 nitrogen and oxygen atoms in total. The molecule has 2 heterocycles. The number of anilines is 1. The van der Waals surface area contributed by atoms with Crippen molar-refractivity contribution in [3.63, 3.8) is 0 Å². The minimum atomic E-state index is -0.204. The molecule has 16 heavy (non-hydrogen) atoms. The van der Waals surface area contributed by atoms with E-state index in [0.717, 1.165) is 22.3 Å². The molecule has 4 N–H and O–H groups in total. The molecule has 0 saturated heterocycles. The Hall–Kier alpha value is -2.08. The maximum absolute atomic E-state index is 11.1. The normalized spacial score (nSPS) is 11.0. The summed E-state index contributed by atoms with van der Waals surface area (Å²) in [6, 6.07) is 5.63. The minimum absolute atomic E-state index is 0.204. The van der Waals surface area contributed by atoms with Crippen LogP contribution in [0, 0.1) is 0 Å². The van der Waals surface area contributed by atoms with E-state index in [4.69, 9.17) is 5.73 Å². The number of rotatable bonds is 1. The highest BCUT2D eigenvalue weighted by Crippen LogP contribution is 2.24. The van der Waals surface area contributed by atoms with Gasteiger partial charge in [-0.2, -0.15) is 0 Å². The molecule has 0 amide bonds. The van der Waals surface area contributed by atoms with E-state index in [2.05, 4.69) is 15.0 Å². The van der Waals surface area contributed by atoms with Crippen molar-refractivity contribution in [3.05, 3.63) is 34.1 Å². The molecular formula is C10H8N4OS. The molecule has 80 valence electrons. The van der Waals surface area contributed by atoms with Gasteiger partial charge < -0.3 is 15.7 Å². The Morgan fingerprint density at radius 2 is 2.06 bits per heavy atom. The Bertz CT molecular complexity index is 709. The average molecular weight is 232 g/mol. The molecule has 1 aromatic carbocycles. The highest BCUT2D eigenvalue weighted by atomic mass is 32.1. The van der Waals surface area contributed by atoms with Crippen LogP contribution in [0.3, 0.4) is 0 Å². The van der Waals surface area contributed by atoms with Crippen LogP contribution in [0.4, 0.5) is 5.13 Å². The molecule has 0 aliphatic rings. The first kappa shape index (κ1) is 9.17. The maximum atomic E-state index is 11.1. The molecule has 3 rings (SSSR count). The molecule has 0 unspecified atom stereocenters. The van der Waals surface area contributed by atoms with E-state index in [1.807, 2.05) is 23.6 Å². The number of imidazole rings is 1. The van der Waals surface area contributed by atoms with Gasteiger partial charge in [0.15, 0.2) is 5.13 Å². The summed E-state index contributed by atoms with van der Waals surface area (Å²) >= 11 is 1.40. The van der Waals surface area contributed by atoms with E-state index in [1.54, 1.807) is 0 Å². The first-order valence-electron chi connectivity index (χ1n) is 4.66. The molecule has 3 aromatic rings. The van der Waals surface area contributed by atoms with Gasteiger partial charge in [0.2, 0.25) is 0 Å². The SMILES string of the molecule is Nc1nc(-c2ccc3[nH]c(=O)[nH]c3c2)cs1. The van der Waals surface area contributed by atoms with Gasteiger partial charge in [0, 0.05) is 10.9 Å². The summed E-state index contributed by atoms with van der Waals surface area (Å²) < 4.78 is 0. The first-order valence-corrected chi connectivity index (χ1v) is 5.54. The fraction of sp³-hybridized carbons (Fsp3) is 0. The third-order valence-corrected chi connectivity index (χ3v) is 3.01. The largest absolute Gasteiger partial charge is 0.375 e. The third-order valence-electron chi connectivity index (χ3n) is 2.33. The highest BCUT2D eigenvalue weighted by Gasteiger charge is 2.04. The van der Waals surface area contributed by atoms with Gasteiger partial charge >= 0.3 is 5.69 Å². The number of hydrogen-bond acceptors (Lipinski definition) is 4. The van der Waals surface area contributed by atoms with Gasteiger partial charge in [-0.3, -0.25) is 0 Å². The first-order chi connectivity index (χ1) is 7.72. The standard InChI is InChI=1S/C10H8N4OS/c11-9-12-8(4-16-9)5-1-2-6-7(3-5)14-10(15)13-6/h1-4H,(H2,11,12)(H2,13,14,15). The van der Waals surface area contributed by atoms with Crippen molar-refractivity contribution in [2.75, 3.05) is 5.73 Å². The van der Waals surface area contributed by atoms with E-state index in [-0.39, 0.29) is 5.69 Å². The zero-order valence-electron chi connectivity index (χ0n) is 8.15. The second-order valence-electron chi connectivity index (χ2n) is 3.41. The van der Waals surface area contributed by atoms with Crippen molar-refractivity contribution in [3.8, 4) is 11.3 Å². The lowest BCUT2D eigenvalue weighted by Crippen LogP contribution is -1.99. The minimum Gasteiger partial charge on any atom is -0.375 e.